The van der Waals surface area contributed by atoms with Gasteiger partial charge in [-0.05, 0) is 35.1 Å². The van der Waals surface area contributed by atoms with E-state index in [1.54, 1.807) is 6.20 Å². The summed E-state index contributed by atoms with van der Waals surface area (Å²) in [6.07, 6.45) is 1.68. The highest BCUT2D eigenvalue weighted by Gasteiger charge is 2.36. The van der Waals surface area contributed by atoms with E-state index in [2.05, 4.69) is 55.3 Å². The Morgan fingerprint density at radius 2 is 1.33 bits per heavy atom. The average Bonchev–Trinajstić information content (AvgIpc) is 3.81. The van der Waals surface area contributed by atoms with Crippen LogP contribution in [0, 0.1) is 0 Å². The summed E-state index contributed by atoms with van der Waals surface area (Å²) in [5, 5.41) is 7.45. The zero-order valence-electron chi connectivity index (χ0n) is 27.9. The van der Waals surface area contributed by atoms with Crippen molar-refractivity contribution in [1.29, 1.82) is 0 Å². The number of nitrogens with zero attached hydrogens (tertiary/aromatic N) is 5. The maximum absolute atomic E-state index is 14.1. The molecule has 1 fully saturated rings. The average molecular weight is 666 g/mol. The SMILES string of the molecule is CC(C)c1c(C(=O)N2CCN(C(=O)C(c3ccccc3)c3ccccc3)C(C)C2)cnn1-c1nc(-c2ccc(-c3ccccc3)cc2)cs1. The predicted molar refractivity (Wildman–Crippen MR) is 196 cm³/mol. The quantitative estimate of drug-likeness (QED) is 0.164. The van der Waals surface area contributed by atoms with Gasteiger partial charge in [0.2, 0.25) is 11.0 Å². The van der Waals surface area contributed by atoms with Crippen molar-refractivity contribution in [2.45, 2.75) is 38.6 Å². The van der Waals surface area contributed by atoms with Gasteiger partial charge in [0.15, 0.2) is 0 Å². The summed E-state index contributed by atoms with van der Waals surface area (Å²) in [6.45, 7) is 7.55. The Labute approximate surface area is 291 Å². The number of carbonyl (C=O) groups excluding carboxylic acids is 2. The lowest BCUT2D eigenvalue weighted by molar-refractivity contribution is -0.136. The molecule has 3 heterocycles. The van der Waals surface area contributed by atoms with E-state index in [0.29, 0.717) is 25.2 Å². The lowest BCUT2D eigenvalue weighted by Gasteiger charge is -2.41. The Morgan fingerprint density at radius 1 is 0.755 bits per heavy atom. The zero-order chi connectivity index (χ0) is 33.9. The van der Waals surface area contributed by atoms with Crippen LogP contribution >= 0.6 is 11.3 Å². The fraction of sp³-hybridized carbons (Fsp3) is 0.220. The fourth-order valence-corrected chi connectivity index (χ4v) is 7.57. The zero-order valence-corrected chi connectivity index (χ0v) is 28.8. The van der Waals surface area contributed by atoms with Crippen LogP contribution in [-0.2, 0) is 4.79 Å². The molecular weight excluding hydrogens is 627 g/mol. The third-order valence-electron chi connectivity index (χ3n) is 9.26. The largest absolute Gasteiger partial charge is 0.336 e. The molecule has 2 amide bonds. The number of piperazine rings is 1. The summed E-state index contributed by atoms with van der Waals surface area (Å²) < 4.78 is 1.82. The third-order valence-corrected chi connectivity index (χ3v) is 10.1. The number of hydrogen-bond donors (Lipinski definition) is 0. The van der Waals surface area contributed by atoms with Crippen LogP contribution in [0.5, 0.6) is 0 Å². The van der Waals surface area contributed by atoms with E-state index in [0.717, 1.165) is 38.8 Å². The van der Waals surface area contributed by atoms with Crippen molar-refractivity contribution in [1.82, 2.24) is 24.6 Å². The van der Waals surface area contributed by atoms with Gasteiger partial charge in [0.25, 0.3) is 5.91 Å². The lowest BCUT2D eigenvalue weighted by atomic mass is 9.89. The van der Waals surface area contributed by atoms with E-state index < -0.39 is 5.92 Å². The molecule has 1 unspecified atom stereocenters. The van der Waals surface area contributed by atoms with Gasteiger partial charge < -0.3 is 9.80 Å². The first-order chi connectivity index (χ1) is 23.9. The van der Waals surface area contributed by atoms with Gasteiger partial charge >= 0.3 is 0 Å². The monoisotopic (exact) mass is 665 g/mol. The molecule has 7 nitrogen and oxygen atoms in total. The van der Waals surface area contributed by atoms with E-state index in [1.807, 2.05) is 106 Å². The Hall–Kier alpha value is -5.34. The highest BCUT2D eigenvalue weighted by molar-refractivity contribution is 7.12. The number of rotatable bonds is 8. The van der Waals surface area contributed by atoms with Gasteiger partial charge in [-0.2, -0.15) is 5.10 Å². The van der Waals surface area contributed by atoms with Crippen LogP contribution in [0.15, 0.2) is 127 Å². The Kier molecular flexibility index (Phi) is 9.22. The Balaban J connectivity index is 1.08. The summed E-state index contributed by atoms with van der Waals surface area (Å²) in [7, 11) is 0. The first kappa shape index (κ1) is 32.2. The van der Waals surface area contributed by atoms with Gasteiger partial charge in [-0.1, -0.05) is 129 Å². The first-order valence-electron chi connectivity index (χ1n) is 16.8. The van der Waals surface area contributed by atoms with Crippen LogP contribution in [-0.4, -0.2) is 62.1 Å². The number of benzene rings is 4. The van der Waals surface area contributed by atoms with Crippen LogP contribution in [0.1, 0.15) is 59.8 Å². The number of thiazole rings is 1. The maximum atomic E-state index is 14.1. The van der Waals surface area contributed by atoms with E-state index >= 15 is 0 Å². The first-order valence-corrected chi connectivity index (χ1v) is 17.7. The van der Waals surface area contributed by atoms with E-state index in [9.17, 15) is 9.59 Å². The molecule has 0 bridgehead atoms. The number of aromatic nitrogens is 3. The van der Waals surface area contributed by atoms with Crippen LogP contribution in [0.25, 0.3) is 27.5 Å². The van der Waals surface area contributed by atoms with Gasteiger partial charge in [0.05, 0.1) is 29.1 Å². The molecule has 4 aromatic carbocycles. The van der Waals surface area contributed by atoms with Gasteiger partial charge in [-0.3, -0.25) is 9.59 Å². The molecule has 8 heteroatoms. The van der Waals surface area contributed by atoms with Crippen molar-refractivity contribution < 1.29 is 9.59 Å². The molecule has 1 atom stereocenters. The molecule has 6 aromatic rings. The number of amides is 2. The van der Waals surface area contributed by atoms with Crippen LogP contribution in [0.2, 0.25) is 0 Å². The van der Waals surface area contributed by atoms with Crippen LogP contribution < -0.4 is 0 Å². The van der Waals surface area contributed by atoms with Crippen molar-refractivity contribution in [3.05, 3.63) is 149 Å². The lowest BCUT2D eigenvalue weighted by Crippen LogP contribution is -2.56. The summed E-state index contributed by atoms with van der Waals surface area (Å²) in [5.41, 5.74) is 7.58. The minimum atomic E-state index is -0.400. The summed E-state index contributed by atoms with van der Waals surface area (Å²) in [6, 6.07) is 38.5. The predicted octanol–water partition coefficient (Wildman–Crippen LogP) is 8.29. The fourth-order valence-electron chi connectivity index (χ4n) is 6.76. The molecule has 2 aromatic heterocycles. The molecule has 1 aliphatic heterocycles. The van der Waals surface area contributed by atoms with Crippen molar-refractivity contribution >= 4 is 23.2 Å². The van der Waals surface area contributed by atoms with Crippen molar-refractivity contribution in [2.24, 2.45) is 0 Å². The highest BCUT2D eigenvalue weighted by Crippen LogP contribution is 2.32. The van der Waals surface area contributed by atoms with Crippen molar-refractivity contribution in [3.63, 3.8) is 0 Å². The van der Waals surface area contributed by atoms with E-state index in [1.165, 1.54) is 16.9 Å². The topological polar surface area (TPSA) is 71.3 Å². The van der Waals surface area contributed by atoms with Crippen LogP contribution in [0.4, 0.5) is 0 Å². The smallest absolute Gasteiger partial charge is 0.257 e. The Morgan fingerprint density at radius 3 is 1.92 bits per heavy atom. The second-order valence-corrected chi connectivity index (χ2v) is 13.7. The van der Waals surface area contributed by atoms with Gasteiger partial charge in [0.1, 0.15) is 0 Å². The molecule has 1 aliphatic rings. The second-order valence-electron chi connectivity index (χ2n) is 12.9. The van der Waals surface area contributed by atoms with Crippen molar-refractivity contribution in [3.8, 4) is 27.5 Å². The molecule has 1 saturated heterocycles. The number of carbonyl (C=O) groups is 2. The highest BCUT2D eigenvalue weighted by atomic mass is 32.1. The maximum Gasteiger partial charge on any atom is 0.257 e. The summed E-state index contributed by atoms with van der Waals surface area (Å²) in [4.78, 5) is 37.0. The van der Waals surface area contributed by atoms with Gasteiger partial charge in [-0.25, -0.2) is 9.67 Å². The molecular formula is C41H39N5O2S. The van der Waals surface area contributed by atoms with Crippen LogP contribution in [0.3, 0.4) is 0 Å². The molecule has 0 saturated carbocycles. The Bertz CT molecular complexity index is 2000. The minimum absolute atomic E-state index is 0.0387. The molecule has 49 heavy (non-hydrogen) atoms. The van der Waals surface area contributed by atoms with Gasteiger partial charge in [-0.15, -0.1) is 11.3 Å². The molecule has 0 radical (unpaired) electrons. The summed E-state index contributed by atoms with van der Waals surface area (Å²) >= 11 is 1.51. The second kappa shape index (κ2) is 14.0. The third kappa shape index (κ3) is 6.56. The van der Waals surface area contributed by atoms with Crippen molar-refractivity contribution in [2.75, 3.05) is 19.6 Å². The molecule has 0 aliphatic carbocycles. The summed E-state index contributed by atoms with van der Waals surface area (Å²) in [5.74, 6) is -0.369. The molecule has 0 spiro atoms. The minimum Gasteiger partial charge on any atom is -0.336 e. The molecule has 7 rings (SSSR count). The molecule has 0 N–H and O–H groups in total. The standard InChI is InChI=1S/C41H39N5O2S/c1-28(2)38-35(25-42-46(38)41-43-36(27-49-41)32-21-19-31(20-22-32)30-13-7-4-8-14-30)39(47)44-23-24-45(29(3)26-44)40(48)37(33-15-9-5-10-16-33)34-17-11-6-12-18-34/h4-22,25,27-29,37H,23-24,26H2,1-3H3. The van der Waals surface area contributed by atoms with E-state index in [4.69, 9.17) is 4.98 Å². The molecule has 246 valence electrons. The van der Waals surface area contributed by atoms with Gasteiger partial charge in [0, 0.05) is 36.6 Å². The number of hydrogen-bond acceptors (Lipinski definition) is 5. The van der Waals surface area contributed by atoms with E-state index in [-0.39, 0.29) is 23.8 Å². The normalized spacial score (nSPS) is 14.8.